The van der Waals surface area contributed by atoms with Crippen LogP contribution in [0.2, 0.25) is 0 Å². The minimum absolute atomic E-state index is 0.453. The lowest BCUT2D eigenvalue weighted by atomic mass is 10.0. The Kier molecular flexibility index (Phi) is 3.79. The molecule has 0 saturated heterocycles. The van der Waals surface area contributed by atoms with Crippen LogP contribution in [0.15, 0.2) is 47.2 Å². The van der Waals surface area contributed by atoms with Crippen molar-refractivity contribution in [2.24, 2.45) is 4.74 Å². The van der Waals surface area contributed by atoms with Gasteiger partial charge in [0.1, 0.15) is 0 Å². The molecular formula is C11H7Cl3NOP. The minimum atomic E-state index is -3.02. The molecule has 0 aliphatic heterocycles. The van der Waals surface area contributed by atoms with Gasteiger partial charge in [0, 0.05) is 5.56 Å². The Morgan fingerprint density at radius 3 is 2.35 bits per heavy atom. The molecule has 2 nitrogen and oxygen atoms in total. The Morgan fingerprint density at radius 2 is 1.65 bits per heavy atom. The molecule has 0 aliphatic carbocycles. The number of hydrogen-bond donors (Lipinski definition) is 0. The van der Waals surface area contributed by atoms with Crippen molar-refractivity contribution in [1.29, 1.82) is 0 Å². The Balaban J connectivity index is 2.61. The van der Waals surface area contributed by atoms with Crippen LogP contribution in [0, 0.1) is 0 Å². The number of rotatable bonds is 1. The number of carbonyl (C=O) groups excluding carboxylic acids is 1. The molecule has 1 amide bonds. The van der Waals surface area contributed by atoms with Gasteiger partial charge in [-0.15, -0.1) is 0 Å². The Labute approximate surface area is 113 Å². The normalized spacial score (nSPS) is 11.5. The summed E-state index contributed by atoms with van der Waals surface area (Å²) in [6, 6.07) is 12.9. The molecule has 0 saturated carbocycles. The van der Waals surface area contributed by atoms with E-state index in [2.05, 4.69) is 4.74 Å². The summed E-state index contributed by atoms with van der Waals surface area (Å²) in [5.74, 6) is -0.491. The molecule has 2 aromatic carbocycles. The summed E-state index contributed by atoms with van der Waals surface area (Å²) in [6.45, 7) is 0. The van der Waals surface area contributed by atoms with Crippen LogP contribution >= 0.6 is 38.8 Å². The van der Waals surface area contributed by atoms with Gasteiger partial charge in [-0.2, -0.15) is 4.74 Å². The third kappa shape index (κ3) is 3.23. The van der Waals surface area contributed by atoms with Crippen LogP contribution in [0.4, 0.5) is 0 Å². The summed E-state index contributed by atoms with van der Waals surface area (Å²) in [4.78, 5) is 11.9. The average molecular weight is 307 g/mol. The predicted molar refractivity (Wildman–Crippen MR) is 75.2 cm³/mol. The molecule has 17 heavy (non-hydrogen) atoms. The van der Waals surface area contributed by atoms with Crippen molar-refractivity contribution >= 4 is 55.5 Å². The standard InChI is InChI=1S/C11H7Cl3NOP/c12-17(13,14)15-11(16)10-7-3-5-8-4-1-2-6-9(8)10/h1-7H. The second-order valence-corrected chi connectivity index (χ2v) is 10.3. The molecule has 0 atom stereocenters. The lowest BCUT2D eigenvalue weighted by Crippen LogP contribution is -1.94. The van der Waals surface area contributed by atoms with E-state index in [-0.39, 0.29) is 0 Å². The summed E-state index contributed by atoms with van der Waals surface area (Å²) in [7, 11) is 0. The number of hydrogen-bond acceptors (Lipinski definition) is 1. The summed E-state index contributed by atoms with van der Waals surface area (Å²) in [5, 5.41) is -1.26. The van der Waals surface area contributed by atoms with E-state index in [0.717, 1.165) is 10.8 Å². The van der Waals surface area contributed by atoms with Crippen molar-refractivity contribution in [1.82, 2.24) is 0 Å². The zero-order chi connectivity index (χ0) is 12.5. The predicted octanol–water partition coefficient (Wildman–Crippen LogP) is 5.64. The smallest absolute Gasteiger partial charge is 0.267 e. The Bertz CT molecular complexity index is 622. The maximum atomic E-state index is 11.9. The number of halogens is 3. The van der Waals surface area contributed by atoms with Crippen molar-refractivity contribution in [3.63, 3.8) is 0 Å². The van der Waals surface area contributed by atoms with E-state index in [0.29, 0.717) is 5.56 Å². The lowest BCUT2D eigenvalue weighted by molar-refractivity contribution is 0.101. The SMILES string of the molecule is O=C(N=P(Cl)(Cl)Cl)c1cccc2ccccc12. The van der Waals surface area contributed by atoms with E-state index >= 15 is 0 Å². The van der Waals surface area contributed by atoms with Crippen LogP contribution in [0.5, 0.6) is 0 Å². The van der Waals surface area contributed by atoms with Gasteiger partial charge in [0.05, 0.1) is 0 Å². The molecular weight excluding hydrogens is 299 g/mol. The molecule has 6 heteroatoms. The second kappa shape index (κ2) is 4.99. The number of carbonyl (C=O) groups is 1. The summed E-state index contributed by atoms with van der Waals surface area (Å²) in [6.07, 6.45) is 0. The Hall–Kier alpha value is -0.530. The quantitative estimate of drug-likeness (QED) is 0.627. The number of benzene rings is 2. The van der Waals surface area contributed by atoms with Crippen molar-refractivity contribution < 1.29 is 4.79 Å². The molecule has 2 rings (SSSR count). The second-order valence-electron chi connectivity index (χ2n) is 3.35. The first-order chi connectivity index (χ1) is 7.97. The molecule has 0 spiro atoms. The van der Waals surface area contributed by atoms with Crippen LogP contribution in [0.25, 0.3) is 10.8 Å². The van der Waals surface area contributed by atoms with Gasteiger partial charge in [0.2, 0.25) is 5.11 Å². The first-order valence-electron chi connectivity index (χ1n) is 4.71. The van der Waals surface area contributed by atoms with Gasteiger partial charge in [-0.1, -0.05) is 36.4 Å². The van der Waals surface area contributed by atoms with E-state index in [1.54, 1.807) is 12.1 Å². The average Bonchev–Trinajstić information content (AvgIpc) is 2.26. The molecule has 0 N–H and O–H groups in total. The maximum absolute atomic E-state index is 11.9. The van der Waals surface area contributed by atoms with E-state index < -0.39 is 11.0 Å². The first kappa shape index (κ1) is 12.9. The van der Waals surface area contributed by atoms with E-state index in [4.69, 9.17) is 33.7 Å². The van der Waals surface area contributed by atoms with Crippen LogP contribution in [-0.2, 0) is 0 Å². The number of amides is 1. The lowest BCUT2D eigenvalue weighted by Gasteiger charge is -2.03. The molecule has 88 valence electrons. The monoisotopic (exact) mass is 305 g/mol. The molecule has 2 aromatic rings. The van der Waals surface area contributed by atoms with Crippen LogP contribution in [-0.4, -0.2) is 5.91 Å². The third-order valence-electron chi connectivity index (χ3n) is 2.22. The highest BCUT2D eigenvalue weighted by Gasteiger charge is 2.13. The topological polar surface area (TPSA) is 29.4 Å². The molecule has 0 aromatic heterocycles. The van der Waals surface area contributed by atoms with Gasteiger partial charge in [0.15, 0.2) is 0 Å². The van der Waals surface area contributed by atoms with Crippen molar-refractivity contribution in [2.45, 2.75) is 0 Å². The molecule has 0 unspecified atom stereocenters. The van der Waals surface area contributed by atoms with Crippen molar-refractivity contribution in [3.8, 4) is 0 Å². The highest BCUT2D eigenvalue weighted by Crippen LogP contribution is 2.65. The Morgan fingerprint density at radius 1 is 1.00 bits per heavy atom. The van der Waals surface area contributed by atoms with Crippen molar-refractivity contribution in [3.05, 3.63) is 48.0 Å². The van der Waals surface area contributed by atoms with Gasteiger partial charge in [-0.25, -0.2) is 0 Å². The van der Waals surface area contributed by atoms with Crippen LogP contribution in [0.1, 0.15) is 10.4 Å². The molecule has 0 bridgehead atoms. The molecule has 0 aliphatic rings. The van der Waals surface area contributed by atoms with Crippen molar-refractivity contribution in [2.75, 3.05) is 0 Å². The van der Waals surface area contributed by atoms with E-state index in [9.17, 15) is 4.79 Å². The van der Waals surface area contributed by atoms with Crippen LogP contribution in [0.3, 0.4) is 0 Å². The maximum Gasteiger partial charge on any atom is 0.279 e. The zero-order valence-corrected chi connectivity index (χ0v) is 11.6. The van der Waals surface area contributed by atoms with Gasteiger partial charge in [0.25, 0.3) is 5.91 Å². The highest BCUT2D eigenvalue weighted by molar-refractivity contribution is 8.26. The van der Waals surface area contributed by atoms with Gasteiger partial charge < -0.3 is 0 Å². The van der Waals surface area contributed by atoms with E-state index in [1.807, 2.05) is 30.3 Å². The van der Waals surface area contributed by atoms with Crippen LogP contribution < -0.4 is 0 Å². The molecule has 0 fully saturated rings. The van der Waals surface area contributed by atoms with E-state index in [1.165, 1.54) is 0 Å². The zero-order valence-electron chi connectivity index (χ0n) is 8.48. The van der Waals surface area contributed by atoms with Gasteiger partial charge >= 0.3 is 0 Å². The van der Waals surface area contributed by atoms with Gasteiger partial charge in [-0.3, -0.25) is 4.79 Å². The molecule has 0 heterocycles. The fourth-order valence-corrected chi connectivity index (χ4v) is 2.50. The first-order valence-corrected chi connectivity index (χ1v) is 9.16. The number of fused-ring (bicyclic) bond motifs is 1. The molecule has 0 radical (unpaired) electrons. The summed E-state index contributed by atoms with van der Waals surface area (Å²) < 4.78 is 3.60. The number of nitrogens with zero attached hydrogens (tertiary/aromatic N) is 1. The summed E-state index contributed by atoms with van der Waals surface area (Å²) in [5.41, 5.74) is 0.453. The summed E-state index contributed by atoms with van der Waals surface area (Å²) >= 11 is 16.8. The minimum Gasteiger partial charge on any atom is -0.267 e. The fourth-order valence-electron chi connectivity index (χ4n) is 1.57. The van der Waals surface area contributed by atoms with Gasteiger partial charge in [-0.05, 0) is 50.6 Å². The largest absolute Gasteiger partial charge is 0.279 e. The third-order valence-corrected chi connectivity index (χ3v) is 3.31. The fraction of sp³-hybridized carbons (Fsp3) is 0. The highest BCUT2D eigenvalue weighted by atomic mass is 36.0.